The summed E-state index contributed by atoms with van der Waals surface area (Å²) in [6, 6.07) is 16.6. The molecular weight excluding hydrogens is 234 g/mol. The molecule has 0 unspecified atom stereocenters. The highest BCUT2D eigenvalue weighted by atomic mass is 16.3. The lowest BCUT2D eigenvalue weighted by Crippen LogP contribution is -1.99. The van der Waals surface area contributed by atoms with E-state index in [1.165, 1.54) is 11.1 Å². The Hall–Kier alpha value is -1.80. The highest BCUT2D eigenvalue weighted by Gasteiger charge is 1.99. The van der Waals surface area contributed by atoms with Crippen LogP contribution in [0.2, 0.25) is 0 Å². The van der Waals surface area contributed by atoms with Gasteiger partial charge in [-0.25, -0.2) is 0 Å². The van der Waals surface area contributed by atoms with Gasteiger partial charge in [0.25, 0.3) is 0 Å². The third kappa shape index (κ3) is 3.83. The topological polar surface area (TPSA) is 32.3 Å². The molecule has 19 heavy (non-hydrogen) atoms. The number of aliphatic hydroxyl groups is 1. The van der Waals surface area contributed by atoms with Gasteiger partial charge in [0.1, 0.15) is 0 Å². The predicted octanol–water partition coefficient (Wildman–Crippen LogP) is 3.91. The van der Waals surface area contributed by atoms with Crippen LogP contribution in [0, 0.1) is 0 Å². The van der Waals surface area contributed by atoms with Gasteiger partial charge in [0.2, 0.25) is 0 Å². The van der Waals surface area contributed by atoms with Crippen LogP contribution < -0.4 is 5.32 Å². The van der Waals surface area contributed by atoms with Crippen LogP contribution in [0.15, 0.2) is 48.5 Å². The van der Waals surface area contributed by atoms with Gasteiger partial charge >= 0.3 is 0 Å². The average molecular weight is 255 g/mol. The van der Waals surface area contributed by atoms with Crippen LogP contribution in [0.4, 0.5) is 5.69 Å². The van der Waals surface area contributed by atoms with Crippen molar-refractivity contribution in [3.8, 4) is 0 Å². The summed E-state index contributed by atoms with van der Waals surface area (Å²) in [4.78, 5) is 0. The molecule has 0 aliphatic rings. The molecule has 0 atom stereocenters. The monoisotopic (exact) mass is 255 g/mol. The van der Waals surface area contributed by atoms with Crippen molar-refractivity contribution in [2.45, 2.75) is 32.9 Å². The van der Waals surface area contributed by atoms with Gasteiger partial charge in [-0.3, -0.25) is 0 Å². The lowest BCUT2D eigenvalue weighted by molar-refractivity contribution is 0.282. The second kappa shape index (κ2) is 6.39. The van der Waals surface area contributed by atoms with Crippen molar-refractivity contribution in [3.63, 3.8) is 0 Å². The summed E-state index contributed by atoms with van der Waals surface area (Å²) in [7, 11) is 0. The first-order chi connectivity index (χ1) is 9.19. The first kappa shape index (κ1) is 13.6. The number of hydrogen-bond acceptors (Lipinski definition) is 2. The maximum Gasteiger partial charge on any atom is 0.0681 e. The molecule has 0 radical (unpaired) electrons. The van der Waals surface area contributed by atoms with E-state index in [0.717, 1.165) is 17.8 Å². The van der Waals surface area contributed by atoms with Crippen LogP contribution >= 0.6 is 0 Å². The predicted molar refractivity (Wildman–Crippen MR) is 80.2 cm³/mol. The standard InChI is InChI=1S/C17H21NO/c1-13(2)16-7-9-17(10-8-16)18-11-14-3-5-15(12-19)6-4-14/h3-10,13,18-19H,11-12H2,1-2H3. The van der Waals surface area contributed by atoms with E-state index in [4.69, 9.17) is 5.11 Å². The zero-order valence-corrected chi connectivity index (χ0v) is 11.6. The average Bonchev–Trinajstić information content (AvgIpc) is 2.46. The minimum absolute atomic E-state index is 0.102. The fourth-order valence-corrected chi connectivity index (χ4v) is 1.95. The van der Waals surface area contributed by atoms with Crippen molar-refractivity contribution in [3.05, 3.63) is 65.2 Å². The smallest absolute Gasteiger partial charge is 0.0681 e. The molecule has 2 aromatic rings. The normalized spacial score (nSPS) is 10.7. The lowest BCUT2D eigenvalue weighted by Gasteiger charge is -2.09. The Morgan fingerprint density at radius 3 is 2.00 bits per heavy atom. The molecule has 2 heteroatoms. The Morgan fingerprint density at radius 2 is 1.47 bits per heavy atom. The number of benzene rings is 2. The van der Waals surface area contributed by atoms with Crippen molar-refractivity contribution in [2.24, 2.45) is 0 Å². The maximum atomic E-state index is 8.99. The Balaban J connectivity index is 1.94. The largest absolute Gasteiger partial charge is 0.392 e. The van der Waals surface area contributed by atoms with E-state index in [-0.39, 0.29) is 6.61 Å². The molecule has 2 aromatic carbocycles. The zero-order valence-electron chi connectivity index (χ0n) is 11.6. The summed E-state index contributed by atoms with van der Waals surface area (Å²) in [5.74, 6) is 0.570. The summed E-state index contributed by atoms with van der Waals surface area (Å²) in [6.07, 6.45) is 0. The van der Waals surface area contributed by atoms with Crippen LogP contribution in [0.1, 0.15) is 36.5 Å². The molecule has 0 saturated carbocycles. The lowest BCUT2D eigenvalue weighted by atomic mass is 10.0. The van der Waals surface area contributed by atoms with Crippen LogP contribution in [-0.2, 0) is 13.2 Å². The van der Waals surface area contributed by atoms with E-state index < -0.39 is 0 Å². The molecule has 0 fully saturated rings. The van der Waals surface area contributed by atoms with E-state index in [2.05, 4.69) is 43.4 Å². The van der Waals surface area contributed by atoms with Gasteiger partial charge in [-0.2, -0.15) is 0 Å². The minimum Gasteiger partial charge on any atom is -0.392 e. The Kier molecular flexibility index (Phi) is 4.58. The van der Waals surface area contributed by atoms with Crippen LogP contribution in [-0.4, -0.2) is 5.11 Å². The number of nitrogens with one attached hydrogen (secondary N) is 1. The molecule has 2 N–H and O–H groups in total. The Bertz CT molecular complexity index is 500. The minimum atomic E-state index is 0.102. The number of hydrogen-bond donors (Lipinski definition) is 2. The zero-order chi connectivity index (χ0) is 13.7. The molecule has 2 rings (SSSR count). The molecule has 0 aliphatic heterocycles. The van der Waals surface area contributed by atoms with Crippen LogP contribution in [0.25, 0.3) is 0 Å². The molecule has 0 bridgehead atoms. The maximum absolute atomic E-state index is 8.99. The molecule has 0 aromatic heterocycles. The molecule has 0 spiro atoms. The van der Waals surface area contributed by atoms with E-state index >= 15 is 0 Å². The molecule has 100 valence electrons. The molecular formula is C17H21NO. The second-order valence-electron chi connectivity index (χ2n) is 5.10. The van der Waals surface area contributed by atoms with Gasteiger partial charge in [-0.1, -0.05) is 50.2 Å². The number of rotatable bonds is 5. The Morgan fingerprint density at radius 1 is 0.895 bits per heavy atom. The summed E-state index contributed by atoms with van der Waals surface area (Å²) < 4.78 is 0. The summed E-state index contributed by atoms with van der Waals surface area (Å²) in [6.45, 7) is 5.30. The SMILES string of the molecule is CC(C)c1ccc(NCc2ccc(CO)cc2)cc1. The summed E-state index contributed by atoms with van der Waals surface area (Å²) >= 11 is 0. The van der Waals surface area contributed by atoms with Gasteiger partial charge in [0, 0.05) is 12.2 Å². The number of aliphatic hydroxyl groups excluding tert-OH is 1. The van der Waals surface area contributed by atoms with Gasteiger partial charge in [0.05, 0.1) is 6.61 Å². The Labute approximate surface area is 115 Å². The van der Waals surface area contributed by atoms with E-state index in [1.54, 1.807) is 0 Å². The third-order valence-corrected chi connectivity index (χ3v) is 3.28. The quantitative estimate of drug-likeness (QED) is 0.849. The molecule has 0 saturated heterocycles. The fourth-order valence-electron chi connectivity index (χ4n) is 1.95. The summed E-state index contributed by atoms with van der Waals surface area (Å²) in [5, 5.41) is 12.4. The van der Waals surface area contributed by atoms with Crippen molar-refractivity contribution in [1.82, 2.24) is 0 Å². The molecule has 2 nitrogen and oxygen atoms in total. The second-order valence-corrected chi connectivity index (χ2v) is 5.10. The third-order valence-electron chi connectivity index (χ3n) is 3.28. The van der Waals surface area contributed by atoms with Crippen molar-refractivity contribution in [1.29, 1.82) is 0 Å². The van der Waals surface area contributed by atoms with Crippen molar-refractivity contribution in [2.75, 3.05) is 5.32 Å². The molecule has 0 amide bonds. The van der Waals surface area contributed by atoms with E-state index in [9.17, 15) is 0 Å². The number of anilines is 1. The first-order valence-electron chi connectivity index (χ1n) is 6.71. The van der Waals surface area contributed by atoms with Gasteiger partial charge < -0.3 is 10.4 Å². The van der Waals surface area contributed by atoms with Gasteiger partial charge in [-0.15, -0.1) is 0 Å². The van der Waals surface area contributed by atoms with Crippen molar-refractivity contribution < 1.29 is 5.11 Å². The van der Waals surface area contributed by atoms with Crippen LogP contribution in [0.3, 0.4) is 0 Å². The summed E-state index contributed by atoms with van der Waals surface area (Å²) in [5.41, 5.74) is 4.66. The van der Waals surface area contributed by atoms with Gasteiger partial charge in [0.15, 0.2) is 0 Å². The van der Waals surface area contributed by atoms with Crippen molar-refractivity contribution >= 4 is 5.69 Å². The molecule has 0 aliphatic carbocycles. The highest BCUT2D eigenvalue weighted by Crippen LogP contribution is 2.17. The van der Waals surface area contributed by atoms with E-state index in [0.29, 0.717) is 5.92 Å². The highest BCUT2D eigenvalue weighted by molar-refractivity contribution is 5.45. The molecule has 0 heterocycles. The van der Waals surface area contributed by atoms with Crippen LogP contribution in [0.5, 0.6) is 0 Å². The van der Waals surface area contributed by atoms with Gasteiger partial charge in [-0.05, 0) is 34.7 Å². The van der Waals surface area contributed by atoms with E-state index in [1.807, 2.05) is 24.3 Å². The fraction of sp³-hybridized carbons (Fsp3) is 0.294. The first-order valence-corrected chi connectivity index (χ1v) is 6.71.